The molecule has 5 aromatic rings. The van der Waals surface area contributed by atoms with Crippen LogP contribution in [0, 0.1) is 35.5 Å². The minimum atomic E-state index is -1.30. The third-order valence-corrected chi connectivity index (χ3v) is 16.9. The average Bonchev–Trinajstić information content (AvgIpc) is 2.55. The van der Waals surface area contributed by atoms with Crippen LogP contribution in [-0.4, -0.2) is 116 Å². The van der Waals surface area contributed by atoms with E-state index in [-0.39, 0.29) is 79.4 Å². The highest BCUT2D eigenvalue weighted by Crippen LogP contribution is 2.42. The number of rotatable bonds is 29. The van der Waals surface area contributed by atoms with Gasteiger partial charge in [-0.25, -0.2) is 4.98 Å². The summed E-state index contributed by atoms with van der Waals surface area (Å²) in [6, 6.07) is 34.6. The molecule has 8 atom stereocenters. The summed E-state index contributed by atoms with van der Waals surface area (Å²) >= 11 is 0. The molecule has 0 spiro atoms. The minimum Gasteiger partial charge on any atom is -0.374 e. The number of Topliss-reactive ketones (excluding diaryl/α,β-unsaturated/α-hetero) is 4. The predicted molar refractivity (Wildman–Crippen MR) is 318 cm³/mol. The first-order chi connectivity index (χ1) is 39.7. The molecule has 16 heteroatoms. The third kappa shape index (κ3) is 15.2. The highest BCUT2D eigenvalue weighted by molar-refractivity contribution is 5.98. The van der Waals surface area contributed by atoms with Crippen LogP contribution in [0.3, 0.4) is 0 Å². The molecule has 0 radical (unpaired) electrons. The van der Waals surface area contributed by atoms with Crippen LogP contribution in [0.1, 0.15) is 128 Å². The lowest BCUT2D eigenvalue weighted by Gasteiger charge is -2.39. The molecule has 1 aromatic heterocycles. The number of imidazole rings is 1. The van der Waals surface area contributed by atoms with E-state index in [4.69, 9.17) is 15.5 Å². The summed E-state index contributed by atoms with van der Waals surface area (Å²) in [5.74, 6) is -6.26. The van der Waals surface area contributed by atoms with Crippen molar-refractivity contribution in [1.29, 1.82) is 0 Å². The van der Waals surface area contributed by atoms with Gasteiger partial charge in [-0.1, -0.05) is 163 Å². The molecule has 2 aliphatic heterocycles. The molecule has 4 aromatic carbocycles. The molecule has 4 amide bonds. The van der Waals surface area contributed by atoms with Gasteiger partial charge in [0.2, 0.25) is 23.6 Å². The predicted octanol–water partition coefficient (Wildman–Crippen LogP) is 8.06. The van der Waals surface area contributed by atoms with Gasteiger partial charge in [-0.2, -0.15) is 0 Å². The summed E-state index contributed by atoms with van der Waals surface area (Å²) in [6.07, 6.45) is 4.73. The van der Waals surface area contributed by atoms with E-state index in [0.717, 1.165) is 22.3 Å². The number of carbonyl (C=O) groups excluding carboxylic acids is 8. The lowest BCUT2D eigenvalue weighted by atomic mass is 9.76. The molecule has 2 aliphatic rings. The molecule has 2 saturated heterocycles. The molecular weight excluding hydrogens is 1050 g/mol. The fourth-order valence-corrected chi connectivity index (χ4v) is 11.9. The molecule has 7 rings (SSSR count). The number of benzene rings is 4. The highest BCUT2D eigenvalue weighted by atomic mass is 16.5. The van der Waals surface area contributed by atoms with Gasteiger partial charge in [0.25, 0.3) is 0 Å². The van der Waals surface area contributed by atoms with Gasteiger partial charge in [0, 0.05) is 62.5 Å². The van der Waals surface area contributed by atoms with Crippen LogP contribution < -0.4 is 16.4 Å². The second-order valence-electron chi connectivity index (χ2n) is 23.7. The van der Waals surface area contributed by atoms with Crippen molar-refractivity contribution in [3.63, 3.8) is 0 Å². The number of nitrogens with zero attached hydrogens (tertiary/aromatic N) is 4. The van der Waals surface area contributed by atoms with Crippen LogP contribution in [0.15, 0.2) is 134 Å². The number of ether oxygens (including phenoxy) is 1. The van der Waals surface area contributed by atoms with E-state index in [9.17, 15) is 28.8 Å². The smallest absolute Gasteiger partial charge is 0.245 e. The summed E-state index contributed by atoms with van der Waals surface area (Å²) in [7, 11) is 0. The molecule has 2 fully saturated rings. The van der Waals surface area contributed by atoms with Crippen LogP contribution in [0.4, 0.5) is 0 Å². The van der Waals surface area contributed by atoms with E-state index in [2.05, 4.69) is 10.6 Å². The Morgan fingerprint density at radius 3 is 1.69 bits per heavy atom. The SMILES string of the molecule is CC(=O)[C@@H](CC(=O)[C@H](C)NC(=O)[C@@H](CC(=O)[C@H](COCc1ccccc1)NC(=O)[C@@H](CC(=O)[C@@H]1CCCN1C(=O)[C@@H]1CCCN1C(=O)[C@@H](N)C(C)C)C(C)C)Cc1cncn1C(c1ccccc1)(c1ccccc1)c1ccccc1)C(C)C. The van der Waals surface area contributed by atoms with E-state index >= 15 is 9.59 Å². The Hall–Kier alpha value is -7.43. The maximum absolute atomic E-state index is 15.3. The molecular formula is C67H85N7O9. The zero-order chi connectivity index (χ0) is 60.0. The van der Waals surface area contributed by atoms with E-state index in [1.54, 1.807) is 29.2 Å². The molecule has 16 nitrogen and oxygen atoms in total. The summed E-state index contributed by atoms with van der Waals surface area (Å²) in [4.78, 5) is 122. The Bertz CT molecular complexity index is 2910. The second-order valence-corrected chi connectivity index (χ2v) is 23.7. The normalized spacial score (nSPS) is 17.6. The number of nitrogens with one attached hydrogen (secondary N) is 2. The molecule has 3 heterocycles. The first kappa shape index (κ1) is 63.2. The van der Waals surface area contributed by atoms with Crippen LogP contribution >= 0.6 is 0 Å². The van der Waals surface area contributed by atoms with Gasteiger partial charge in [0.15, 0.2) is 17.3 Å². The molecule has 0 saturated carbocycles. The fourth-order valence-electron chi connectivity index (χ4n) is 11.9. The maximum atomic E-state index is 15.3. The minimum absolute atomic E-state index is 0.0443. The van der Waals surface area contributed by atoms with Gasteiger partial charge in [0.1, 0.15) is 23.4 Å². The summed E-state index contributed by atoms with van der Waals surface area (Å²) in [5, 5.41) is 5.88. The van der Waals surface area contributed by atoms with Crippen molar-refractivity contribution in [1.82, 2.24) is 30.0 Å². The first-order valence-corrected chi connectivity index (χ1v) is 29.6. The number of amides is 4. The van der Waals surface area contributed by atoms with Gasteiger partial charge < -0.3 is 35.5 Å². The quantitative estimate of drug-likeness (QED) is 0.0389. The van der Waals surface area contributed by atoms with Gasteiger partial charge in [-0.3, -0.25) is 38.4 Å². The average molecular weight is 1130 g/mol. The van der Waals surface area contributed by atoms with E-state index in [1.165, 1.54) is 6.92 Å². The number of carbonyl (C=O) groups is 8. The maximum Gasteiger partial charge on any atom is 0.245 e. The monoisotopic (exact) mass is 1130 g/mol. The Labute approximate surface area is 489 Å². The molecule has 0 aliphatic carbocycles. The lowest BCUT2D eigenvalue weighted by Crippen LogP contribution is -2.55. The van der Waals surface area contributed by atoms with Gasteiger partial charge in [-0.05, 0) is 79.5 Å². The van der Waals surface area contributed by atoms with Crippen molar-refractivity contribution in [3.05, 3.63) is 162 Å². The van der Waals surface area contributed by atoms with Crippen molar-refractivity contribution >= 4 is 46.8 Å². The molecule has 442 valence electrons. The van der Waals surface area contributed by atoms with Crippen LogP contribution in [-0.2, 0) is 61.7 Å². The Morgan fingerprint density at radius 2 is 1.16 bits per heavy atom. The Kier molecular flexibility index (Phi) is 22.2. The molecule has 4 N–H and O–H groups in total. The number of ketones is 4. The third-order valence-electron chi connectivity index (χ3n) is 16.9. The topological polar surface area (TPSA) is 220 Å². The number of aromatic nitrogens is 2. The number of nitrogens with two attached hydrogens (primary N) is 1. The zero-order valence-corrected chi connectivity index (χ0v) is 49.6. The van der Waals surface area contributed by atoms with E-state index in [0.29, 0.717) is 44.5 Å². The van der Waals surface area contributed by atoms with Crippen molar-refractivity contribution in [3.8, 4) is 0 Å². The number of likely N-dealkylation sites (tertiary alicyclic amines) is 2. The summed E-state index contributed by atoms with van der Waals surface area (Å²) in [5.41, 5.74) is 9.36. The van der Waals surface area contributed by atoms with Crippen LogP contribution in [0.25, 0.3) is 0 Å². The standard InChI is InChI=1S/C67H85N7O9/c1-43(2)54(47(8)75)37-59(76)46(7)70-63(79)49(35-53-39-69-42-74(53)67(50-25-15-10-16-26-50,51-27-17-11-18-28-51)52-29-19-12-20-30-52)36-60(77)56(41-83-40-48-23-13-9-14-24-48)71-64(80)55(44(3)4)38-61(78)57-31-21-33-72(57)65(81)58-32-22-34-73(58)66(82)62(68)45(5)6/h9-20,23-30,39,42-46,49,54-58,62H,21-22,31-38,40-41,68H2,1-8H3,(H,70,79)(H,71,80)/t46-,49+,54-,55-,56-,57-,58-,62-/m0/s1. The molecule has 83 heavy (non-hydrogen) atoms. The fraction of sp³-hybridized carbons (Fsp3) is 0.478. The van der Waals surface area contributed by atoms with Crippen molar-refractivity contribution in [2.45, 2.75) is 149 Å². The van der Waals surface area contributed by atoms with Crippen molar-refractivity contribution < 1.29 is 43.1 Å². The number of hydrogen-bond acceptors (Lipinski definition) is 11. The Balaban J connectivity index is 1.21. The lowest BCUT2D eigenvalue weighted by molar-refractivity contribution is -0.147. The van der Waals surface area contributed by atoms with E-state index in [1.807, 2.05) is 167 Å². The van der Waals surface area contributed by atoms with Gasteiger partial charge in [-0.15, -0.1) is 0 Å². The first-order valence-electron chi connectivity index (χ1n) is 29.6. The molecule has 0 unspecified atom stereocenters. The zero-order valence-electron chi connectivity index (χ0n) is 49.6. The molecule has 0 bridgehead atoms. The number of hydrogen-bond donors (Lipinski definition) is 3. The van der Waals surface area contributed by atoms with Gasteiger partial charge in [0.05, 0.1) is 43.6 Å². The van der Waals surface area contributed by atoms with E-state index < -0.39 is 77.5 Å². The largest absolute Gasteiger partial charge is 0.374 e. The van der Waals surface area contributed by atoms with Crippen molar-refractivity contribution in [2.75, 3.05) is 19.7 Å². The second kappa shape index (κ2) is 29.2. The Morgan fingerprint density at radius 1 is 0.627 bits per heavy atom. The highest BCUT2D eigenvalue weighted by Gasteiger charge is 2.45. The van der Waals surface area contributed by atoms with Crippen LogP contribution in [0.5, 0.6) is 0 Å². The van der Waals surface area contributed by atoms with Crippen molar-refractivity contribution in [2.24, 2.45) is 41.2 Å². The summed E-state index contributed by atoms with van der Waals surface area (Å²) in [6.45, 7) is 14.7. The summed E-state index contributed by atoms with van der Waals surface area (Å²) < 4.78 is 8.24. The van der Waals surface area contributed by atoms with Crippen LogP contribution in [0.2, 0.25) is 0 Å². The van der Waals surface area contributed by atoms with Gasteiger partial charge >= 0.3 is 0 Å².